The Labute approximate surface area is 172 Å². The number of amidine groups is 1. The number of nitrogens with zero attached hydrogens (tertiary/aromatic N) is 3. The van der Waals surface area contributed by atoms with Gasteiger partial charge < -0.3 is 4.42 Å². The molecule has 30 heavy (non-hydrogen) atoms. The fraction of sp³-hybridized carbons (Fsp3) is 0.100. The van der Waals surface area contributed by atoms with Crippen molar-refractivity contribution >= 4 is 28.5 Å². The molecule has 1 aliphatic heterocycles. The minimum absolute atomic E-state index is 0.0222. The highest BCUT2D eigenvalue weighted by Crippen LogP contribution is 2.30. The Morgan fingerprint density at radius 2 is 1.73 bits per heavy atom. The van der Waals surface area contributed by atoms with Gasteiger partial charge in [-0.15, -0.1) is 5.10 Å². The number of alkyl halides is 3. The van der Waals surface area contributed by atoms with Crippen LogP contribution in [-0.2, 0) is 6.18 Å². The maximum Gasteiger partial charge on any atom is 0.416 e. The molecule has 1 aromatic heterocycles. The quantitative estimate of drug-likeness (QED) is 0.659. The highest BCUT2D eigenvalue weighted by atomic mass is 32.2. The second-order valence-electron chi connectivity index (χ2n) is 6.17. The van der Waals surface area contributed by atoms with Crippen LogP contribution in [0.1, 0.15) is 21.6 Å². The third-order valence-corrected chi connectivity index (χ3v) is 5.01. The van der Waals surface area contributed by atoms with Crippen molar-refractivity contribution in [3.8, 4) is 11.5 Å². The molecule has 6 nitrogen and oxygen atoms in total. The maximum absolute atomic E-state index is 12.7. The summed E-state index contributed by atoms with van der Waals surface area (Å²) in [6.07, 6.45) is -3.30. The van der Waals surface area contributed by atoms with E-state index in [1.807, 2.05) is 30.3 Å². The van der Waals surface area contributed by atoms with Crippen LogP contribution in [0.25, 0.3) is 11.5 Å². The molecule has 1 amide bonds. The number of carbonyl (C=O) groups excluding carboxylic acids is 1. The summed E-state index contributed by atoms with van der Waals surface area (Å²) in [4.78, 5) is 16.4. The van der Waals surface area contributed by atoms with Crippen molar-refractivity contribution in [1.82, 2.24) is 10.3 Å². The molecule has 0 bridgehead atoms. The molecular formula is C20H13F3N4O2S. The zero-order valence-electron chi connectivity index (χ0n) is 15.2. The van der Waals surface area contributed by atoms with Crippen LogP contribution in [0.3, 0.4) is 0 Å². The zero-order valence-corrected chi connectivity index (χ0v) is 16.0. The molecule has 2 aromatic carbocycles. The minimum atomic E-state index is -4.43. The number of aromatic nitrogens is 1. The molecule has 3 aromatic rings. The van der Waals surface area contributed by atoms with Gasteiger partial charge >= 0.3 is 6.18 Å². The average Bonchev–Trinajstić information content (AvgIpc) is 3.25. The lowest BCUT2D eigenvalue weighted by molar-refractivity contribution is -0.137. The second-order valence-corrected chi connectivity index (χ2v) is 7.14. The van der Waals surface area contributed by atoms with Gasteiger partial charge in [0.05, 0.1) is 11.3 Å². The van der Waals surface area contributed by atoms with Crippen molar-refractivity contribution in [2.24, 2.45) is 10.2 Å². The van der Waals surface area contributed by atoms with Crippen LogP contribution in [0.15, 0.2) is 75.5 Å². The summed E-state index contributed by atoms with van der Waals surface area (Å²) in [6.45, 7) is 0. The molecule has 0 spiro atoms. The standard InChI is InChI=1S/C20H13F3N4O2S/c21-20(22,23)14-8-6-13(7-9-14)18-24-15(10-29-18)17(28)25-19-27-26-16(11-30-19)12-4-2-1-3-5-12/h1-10H,11H2,(H,25,27,28). The van der Waals surface area contributed by atoms with Crippen LogP contribution in [0, 0.1) is 0 Å². The van der Waals surface area contributed by atoms with Gasteiger partial charge in [0.15, 0.2) is 10.9 Å². The van der Waals surface area contributed by atoms with E-state index < -0.39 is 17.6 Å². The summed E-state index contributed by atoms with van der Waals surface area (Å²) < 4.78 is 43.2. The summed E-state index contributed by atoms with van der Waals surface area (Å²) >= 11 is 1.32. The first kappa shape index (κ1) is 19.9. The number of rotatable bonds is 3. The van der Waals surface area contributed by atoms with Crippen LogP contribution in [-0.4, -0.2) is 27.5 Å². The van der Waals surface area contributed by atoms with Gasteiger partial charge in [0.2, 0.25) is 5.89 Å². The lowest BCUT2D eigenvalue weighted by Gasteiger charge is -2.12. The van der Waals surface area contributed by atoms with E-state index in [9.17, 15) is 18.0 Å². The molecule has 0 saturated carbocycles. The molecule has 2 heterocycles. The number of oxazole rings is 1. The summed E-state index contributed by atoms with van der Waals surface area (Å²) in [5.74, 6) is 0.0247. The Morgan fingerprint density at radius 3 is 2.37 bits per heavy atom. The Kier molecular flexibility index (Phi) is 5.40. The monoisotopic (exact) mass is 430 g/mol. The molecule has 152 valence electrons. The first-order valence-corrected chi connectivity index (χ1v) is 9.66. The SMILES string of the molecule is O=C(NC1=NN=C(c2ccccc2)CS1)c1coc(-c2ccc(C(F)(F)F)cc2)n1. The van der Waals surface area contributed by atoms with Crippen LogP contribution >= 0.6 is 11.8 Å². The second kappa shape index (κ2) is 8.15. The van der Waals surface area contributed by atoms with Gasteiger partial charge in [0.25, 0.3) is 5.91 Å². The van der Waals surface area contributed by atoms with E-state index in [0.717, 1.165) is 29.7 Å². The van der Waals surface area contributed by atoms with E-state index in [4.69, 9.17) is 4.42 Å². The van der Waals surface area contributed by atoms with Gasteiger partial charge in [-0.3, -0.25) is 10.1 Å². The molecule has 0 unspecified atom stereocenters. The van der Waals surface area contributed by atoms with Crippen molar-refractivity contribution in [2.75, 3.05) is 5.75 Å². The molecule has 4 rings (SSSR count). The first-order chi connectivity index (χ1) is 14.4. The number of hydrogen-bond donors (Lipinski definition) is 1. The third-order valence-electron chi connectivity index (χ3n) is 4.13. The van der Waals surface area contributed by atoms with Gasteiger partial charge in [-0.25, -0.2) is 4.98 Å². The fourth-order valence-corrected chi connectivity index (χ4v) is 3.37. The highest BCUT2D eigenvalue weighted by molar-refractivity contribution is 8.14. The van der Waals surface area contributed by atoms with Crippen molar-refractivity contribution in [1.29, 1.82) is 0 Å². The van der Waals surface area contributed by atoms with Gasteiger partial charge in [0, 0.05) is 11.3 Å². The van der Waals surface area contributed by atoms with Crippen LogP contribution in [0.2, 0.25) is 0 Å². The molecule has 1 N–H and O–H groups in total. The van der Waals surface area contributed by atoms with Crippen molar-refractivity contribution < 1.29 is 22.4 Å². The van der Waals surface area contributed by atoms with Crippen molar-refractivity contribution in [3.63, 3.8) is 0 Å². The topological polar surface area (TPSA) is 79.9 Å². The lowest BCUT2D eigenvalue weighted by Crippen LogP contribution is -2.30. The summed E-state index contributed by atoms with van der Waals surface area (Å²) in [6, 6.07) is 13.9. The number of carbonyl (C=O) groups is 1. The zero-order chi connectivity index (χ0) is 21.1. The van der Waals surface area contributed by atoms with Crippen LogP contribution < -0.4 is 5.32 Å². The van der Waals surface area contributed by atoms with Gasteiger partial charge in [-0.05, 0) is 29.8 Å². The van der Waals surface area contributed by atoms with E-state index in [1.165, 1.54) is 23.9 Å². The average molecular weight is 430 g/mol. The summed E-state index contributed by atoms with van der Waals surface area (Å²) in [5.41, 5.74) is 1.27. The van der Waals surface area contributed by atoms with Crippen LogP contribution in [0.5, 0.6) is 0 Å². The number of nitrogens with one attached hydrogen (secondary N) is 1. The highest BCUT2D eigenvalue weighted by Gasteiger charge is 2.30. The molecule has 10 heteroatoms. The van der Waals surface area contributed by atoms with Crippen molar-refractivity contribution in [3.05, 3.63) is 77.7 Å². The number of thioether (sulfide) groups is 1. The Hall–Kier alpha value is -3.40. The molecule has 0 fully saturated rings. The normalized spacial score (nSPS) is 14.1. The lowest BCUT2D eigenvalue weighted by atomic mass is 10.1. The van der Waals surface area contributed by atoms with E-state index >= 15 is 0 Å². The third kappa shape index (κ3) is 4.43. The Balaban J connectivity index is 1.44. The maximum atomic E-state index is 12.7. The molecule has 0 atom stereocenters. The minimum Gasteiger partial charge on any atom is -0.444 e. The van der Waals surface area contributed by atoms with Crippen molar-refractivity contribution in [2.45, 2.75) is 6.18 Å². The molecule has 1 aliphatic rings. The summed E-state index contributed by atoms with van der Waals surface area (Å²) in [5, 5.41) is 11.1. The van der Waals surface area contributed by atoms with E-state index in [1.54, 1.807) is 0 Å². The Bertz CT molecular complexity index is 1120. The largest absolute Gasteiger partial charge is 0.444 e. The molecule has 0 radical (unpaired) electrons. The molecular weight excluding hydrogens is 417 g/mol. The first-order valence-electron chi connectivity index (χ1n) is 8.67. The number of hydrogen-bond acceptors (Lipinski definition) is 6. The Morgan fingerprint density at radius 1 is 1.00 bits per heavy atom. The number of amides is 1. The predicted octanol–water partition coefficient (Wildman–Crippen LogP) is 4.60. The number of benzene rings is 2. The summed E-state index contributed by atoms with van der Waals surface area (Å²) in [7, 11) is 0. The smallest absolute Gasteiger partial charge is 0.416 e. The molecule has 0 saturated heterocycles. The van der Waals surface area contributed by atoms with E-state index in [-0.39, 0.29) is 11.6 Å². The van der Waals surface area contributed by atoms with Gasteiger partial charge in [-0.2, -0.15) is 18.3 Å². The predicted molar refractivity (Wildman–Crippen MR) is 107 cm³/mol. The fourth-order valence-electron chi connectivity index (χ4n) is 2.61. The van der Waals surface area contributed by atoms with E-state index in [2.05, 4.69) is 20.5 Å². The van der Waals surface area contributed by atoms with Crippen LogP contribution in [0.4, 0.5) is 13.2 Å². The van der Waals surface area contributed by atoms with E-state index in [0.29, 0.717) is 16.5 Å². The number of halogens is 3. The van der Waals surface area contributed by atoms with Gasteiger partial charge in [0.1, 0.15) is 6.26 Å². The molecule has 0 aliphatic carbocycles. The van der Waals surface area contributed by atoms with Gasteiger partial charge in [-0.1, -0.05) is 42.1 Å².